The van der Waals surface area contributed by atoms with Crippen LogP contribution in [0.1, 0.15) is 32.1 Å². The van der Waals surface area contributed by atoms with Gasteiger partial charge in [0.05, 0.1) is 41.1 Å². The van der Waals surface area contributed by atoms with Crippen molar-refractivity contribution < 1.29 is 0 Å². The van der Waals surface area contributed by atoms with Gasteiger partial charge in [0.25, 0.3) is 0 Å². The van der Waals surface area contributed by atoms with E-state index >= 15 is 0 Å². The molecule has 6 nitrogen and oxygen atoms in total. The summed E-state index contributed by atoms with van der Waals surface area (Å²) >= 11 is 0. The van der Waals surface area contributed by atoms with Gasteiger partial charge >= 0.3 is 5.69 Å². The standard InChI is InChI=1S/C21H21N5O/c1-15(2)26-19-11-6-5-10-18(19)25(21(26)27)14-20-23-16-8-3-4-9-17(16)24(20)13-7-12-22/h3-6,8-11,15H,7,13-14H2,1-2H3. The van der Waals surface area contributed by atoms with E-state index < -0.39 is 0 Å². The first-order valence-corrected chi connectivity index (χ1v) is 9.12. The third-order valence-electron chi connectivity index (χ3n) is 4.87. The Balaban J connectivity index is 1.90. The Hall–Kier alpha value is -3.33. The average Bonchev–Trinajstić information content (AvgIpc) is 3.15. The highest BCUT2D eigenvalue weighted by Gasteiger charge is 2.18. The monoisotopic (exact) mass is 359 g/mol. The Labute approximate surface area is 156 Å². The first-order chi connectivity index (χ1) is 13.1. The predicted molar refractivity (Wildman–Crippen MR) is 106 cm³/mol. The van der Waals surface area contributed by atoms with E-state index in [1.54, 1.807) is 4.57 Å². The van der Waals surface area contributed by atoms with Gasteiger partial charge in [0.2, 0.25) is 0 Å². The van der Waals surface area contributed by atoms with Crippen LogP contribution in [0.25, 0.3) is 22.1 Å². The van der Waals surface area contributed by atoms with Crippen LogP contribution in [0.4, 0.5) is 0 Å². The van der Waals surface area contributed by atoms with Gasteiger partial charge < -0.3 is 4.57 Å². The number of aromatic nitrogens is 4. The number of imidazole rings is 2. The van der Waals surface area contributed by atoms with Gasteiger partial charge in [0.1, 0.15) is 5.82 Å². The van der Waals surface area contributed by atoms with E-state index in [9.17, 15) is 4.79 Å². The molecule has 0 fully saturated rings. The van der Waals surface area contributed by atoms with Crippen molar-refractivity contribution in [1.29, 1.82) is 5.26 Å². The molecule has 4 rings (SSSR count). The smallest absolute Gasteiger partial charge is 0.325 e. The minimum atomic E-state index is -0.0370. The molecule has 0 N–H and O–H groups in total. The molecule has 0 unspecified atom stereocenters. The van der Waals surface area contributed by atoms with E-state index in [2.05, 4.69) is 6.07 Å². The summed E-state index contributed by atoms with van der Waals surface area (Å²) in [5.41, 5.74) is 3.66. The molecule has 0 saturated carbocycles. The second-order valence-electron chi connectivity index (χ2n) is 6.90. The van der Waals surface area contributed by atoms with Crippen LogP contribution in [0.2, 0.25) is 0 Å². The molecule has 0 aliphatic heterocycles. The number of para-hydroxylation sites is 4. The largest absolute Gasteiger partial charge is 0.329 e. The fourth-order valence-corrected chi connectivity index (χ4v) is 3.68. The highest BCUT2D eigenvalue weighted by atomic mass is 16.1. The van der Waals surface area contributed by atoms with Crippen LogP contribution in [0.5, 0.6) is 0 Å². The third-order valence-corrected chi connectivity index (χ3v) is 4.87. The second kappa shape index (κ2) is 6.76. The van der Waals surface area contributed by atoms with Gasteiger partial charge in [-0.3, -0.25) is 9.13 Å². The maximum absolute atomic E-state index is 13.1. The summed E-state index contributed by atoms with van der Waals surface area (Å²) < 4.78 is 5.64. The van der Waals surface area contributed by atoms with E-state index in [0.717, 1.165) is 27.9 Å². The molecular formula is C21H21N5O. The lowest BCUT2D eigenvalue weighted by molar-refractivity contribution is 0.565. The average molecular weight is 359 g/mol. The van der Waals surface area contributed by atoms with E-state index in [4.69, 9.17) is 10.2 Å². The zero-order valence-corrected chi connectivity index (χ0v) is 15.5. The summed E-state index contributed by atoms with van der Waals surface area (Å²) in [5, 5.41) is 9.03. The van der Waals surface area contributed by atoms with Crippen LogP contribution in [-0.4, -0.2) is 18.7 Å². The lowest BCUT2D eigenvalue weighted by Gasteiger charge is -2.08. The second-order valence-corrected chi connectivity index (χ2v) is 6.90. The van der Waals surface area contributed by atoms with E-state index in [-0.39, 0.29) is 11.7 Å². The first-order valence-electron chi connectivity index (χ1n) is 9.12. The Kier molecular flexibility index (Phi) is 4.28. The summed E-state index contributed by atoms with van der Waals surface area (Å²) in [7, 11) is 0. The lowest BCUT2D eigenvalue weighted by Crippen LogP contribution is -2.26. The number of benzene rings is 2. The molecule has 0 bridgehead atoms. The Morgan fingerprint density at radius 3 is 2.37 bits per heavy atom. The molecule has 4 aromatic rings. The highest BCUT2D eigenvalue weighted by Crippen LogP contribution is 2.21. The van der Waals surface area contributed by atoms with Crippen LogP contribution in [0.3, 0.4) is 0 Å². The Bertz CT molecular complexity index is 1220. The number of rotatable bonds is 5. The quantitative estimate of drug-likeness (QED) is 0.546. The SMILES string of the molecule is CC(C)n1c(=O)n(Cc2nc3ccccc3n2CCC#N)c2ccccc21. The van der Waals surface area contributed by atoms with Gasteiger partial charge in [-0.15, -0.1) is 0 Å². The molecule has 0 radical (unpaired) electrons. The summed E-state index contributed by atoms with van der Waals surface area (Å²) in [6, 6.07) is 18.0. The number of hydrogen-bond donors (Lipinski definition) is 0. The number of nitrogens with zero attached hydrogens (tertiary/aromatic N) is 5. The van der Waals surface area contributed by atoms with Crippen molar-refractivity contribution in [3.8, 4) is 6.07 Å². The number of fused-ring (bicyclic) bond motifs is 2. The van der Waals surface area contributed by atoms with Gasteiger partial charge in [0.15, 0.2) is 0 Å². The molecule has 0 aliphatic carbocycles. The Morgan fingerprint density at radius 1 is 1.00 bits per heavy atom. The maximum Gasteiger partial charge on any atom is 0.329 e. The highest BCUT2D eigenvalue weighted by molar-refractivity contribution is 5.77. The number of aryl methyl sites for hydroxylation is 1. The molecule has 2 heterocycles. The summed E-state index contributed by atoms with van der Waals surface area (Å²) in [6.07, 6.45) is 0.399. The molecule has 136 valence electrons. The van der Waals surface area contributed by atoms with Crippen molar-refractivity contribution in [1.82, 2.24) is 18.7 Å². The molecule has 6 heteroatoms. The van der Waals surface area contributed by atoms with Crippen molar-refractivity contribution in [2.45, 2.75) is 39.4 Å². The third kappa shape index (κ3) is 2.81. The van der Waals surface area contributed by atoms with Crippen LogP contribution >= 0.6 is 0 Å². The molecule has 0 amide bonds. The van der Waals surface area contributed by atoms with Gasteiger partial charge in [-0.2, -0.15) is 5.26 Å². The molecule has 2 aromatic carbocycles. The molecule has 0 spiro atoms. The molecule has 0 saturated heterocycles. The van der Waals surface area contributed by atoms with Gasteiger partial charge in [-0.1, -0.05) is 24.3 Å². The molecular weight excluding hydrogens is 338 g/mol. The minimum absolute atomic E-state index is 0.0370. The normalized spacial score (nSPS) is 11.5. The minimum Gasteiger partial charge on any atom is -0.325 e. The van der Waals surface area contributed by atoms with Crippen molar-refractivity contribution in [2.75, 3.05) is 0 Å². The van der Waals surface area contributed by atoms with Gasteiger partial charge in [-0.05, 0) is 38.1 Å². The zero-order chi connectivity index (χ0) is 19.0. The fourth-order valence-electron chi connectivity index (χ4n) is 3.68. The number of hydrogen-bond acceptors (Lipinski definition) is 3. The van der Waals surface area contributed by atoms with E-state index in [0.29, 0.717) is 19.5 Å². The predicted octanol–water partition coefficient (Wildman–Crippen LogP) is 3.70. The zero-order valence-electron chi connectivity index (χ0n) is 15.5. The fraction of sp³-hybridized carbons (Fsp3) is 0.286. The lowest BCUT2D eigenvalue weighted by atomic mass is 10.3. The molecule has 2 aromatic heterocycles. The maximum atomic E-state index is 13.1. The van der Waals surface area contributed by atoms with Crippen LogP contribution < -0.4 is 5.69 Å². The van der Waals surface area contributed by atoms with Crippen molar-refractivity contribution in [3.63, 3.8) is 0 Å². The van der Waals surface area contributed by atoms with Crippen molar-refractivity contribution in [3.05, 3.63) is 64.8 Å². The van der Waals surface area contributed by atoms with E-state index in [1.165, 1.54) is 0 Å². The topological polar surface area (TPSA) is 68.5 Å². The van der Waals surface area contributed by atoms with Crippen LogP contribution in [0, 0.1) is 11.3 Å². The van der Waals surface area contributed by atoms with Crippen LogP contribution in [0.15, 0.2) is 53.3 Å². The number of nitriles is 1. The Morgan fingerprint density at radius 2 is 1.67 bits per heavy atom. The van der Waals surface area contributed by atoms with Gasteiger partial charge in [0, 0.05) is 12.6 Å². The molecule has 27 heavy (non-hydrogen) atoms. The van der Waals surface area contributed by atoms with Crippen LogP contribution in [-0.2, 0) is 13.1 Å². The molecule has 0 aliphatic rings. The first kappa shape index (κ1) is 17.1. The summed E-state index contributed by atoms with van der Waals surface area (Å²) in [5.74, 6) is 0.792. The summed E-state index contributed by atoms with van der Waals surface area (Å²) in [4.78, 5) is 17.9. The van der Waals surface area contributed by atoms with Gasteiger partial charge in [-0.25, -0.2) is 9.78 Å². The van der Waals surface area contributed by atoms with E-state index in [1.807, 2.05) is 71.5 Å². The van der Waals surface area contributed by atoms with Crippen molar-refractivity contribution in [2.24, 2.45) is 0 Å². The summed E-state index contributed by atoms with van der Waals surface area (Å²) in [6.45, 7) is 4.96. The van der Waals surface area contributed by atoms with Crippen molar-refractivity contribution >= 4 is 22.1 Å². The molecule has 0 atom stereocenters.